The van der Waals surface area contributed by atoms with Gasteiger partial charge in [0.15, 0.2) is 0 Å². The van der Waals surface area contributed by atoms with Crippen LogP contribution in [0.25, 0.3) is 0 Å². The number of aromatic nitrogens is 1. The summed E-state index contributed by atoms with van der Waals surface area (Å²) in [5.41, 5.74) is 0.704. The van der Waals surface area contributed by atoms with E-state index in [9.17, 15) is 4.79 Å². The third-order valence-corrected chi connectivity index (χ3v) is 2.80. The fourth-order valence-electron chi connectivity index (χ4n) is 1.19. The third kappa shape index (κ3) is 3.90. The molecule has 0 fully saturated rings. The van der Waals surface area contributed by atoms with E-state index in [4.69, 9.17) is 0 Å². The second kappa shape index (κ2) is 6.60. The van der Waals surface area contributed by atoms with Crippen LogP contribution in [0.2, 0.25) is 0 Å². The predicted molar refractivity (Wildman–Crippen MR) is 68.3 cm³/mol. The number of rotatable bonds is 5. The first kappa shape index (κ1) is 13.1. The van der Waals surface area contributed by atoms with Crippen molar-refractivity contribution in [2.24, 2.45) is 5.92 Å². The van der Waals surface area contributed by atoms with Gasteiger partial charge in [0.25, 0.3) is 0 Å². The Balaban J connectivity index is 2.54. The molecule has 1 unspecified atom stereocenters. The van der Waals surface area contributed by atoms with Crippen LogP contribution in [0, 0.1) is 5.92 Å². The minimum absolute atomic E-state index is 0.00495. The Labute approximate surface area is 104 Å². The van der Waals surface area contributed by atoms with Gasteiger partial charge >= 0.3 is 0 Å². The van der Waals surface area contributed by atoms with Gasteiger partial charge in [-0.2, -0.15) is 0 Å². The Kier molecular flexibility index (Phi) is 5.42. The molecule has 88 valence electrons. The summed E-state index contributed by atoms with van der Waals surface area (Å²) in [4.78, 5) is 15.8. The average Bonchev–Trinajstić information content (AvgIpc) is 2.28. The number of pyridine rings is 1. The van der Waals surface area contributed by atoms with Crippen LogP contribution in [0.4, 0.5) is 5.69 Å². The Morgan fingerprint density at radius 2 is 2.38 bits per heavy atom. The Hall–Kier alpha value is -0.940. The first-order valence-electron chi connectivity index (χ1n) is 5.27. The van der Waals surface area contributed by atoms with Crippen LogP contribution < -0.4 is 10.6 Å². The lowest BCUT2D eigenvalue weighted by molar-refractivity contribution is -0.119. The molecule has 0 saturated carbocycles. The molecule has 16 heavy (non-hydrogen) atoms. The lowest BCUT2D eigenvalue weighted by Gasteiger charge is -2.12. The number of anilines is 1. The van der Waals surface area contributed by atoms with Crippen LogP contribution in [-0.2, 0) is 4.79 Å². The summed E-state index contributed by atoms with van der Waals surface area (Å²) >= 11 is 3.29. The van der Waals surface area contributed by atoms with Gasteiger partial charge in [-0.3, -0.25) is 4.79 Å². The molecule has 0 bridgehead atoms. The quantitative estimate of drug-likeness (QED) is 0.814. The van der Waals surface area contributed by atoms with Crippen molar-refractivity contribution < 1.29 is 4.79 Å². The van der Waals surface area contributed by atoms with Gasteiger partial charge in [-0.05, 0) is 34.6 Å². The first-order valence-corrected chi connectivity index (χ1v) is 6.06. The molecule has 1 aromatic heterocycles. The number of hydrogen-bond acceptors (Lipinski definition) is 3. The van der Waals surface area contributed by atoms with Crippen LogP contribution in [0.5, 0.6) is 0 Å². The summed E-state index contributed by atoms with van der Waals surface area (Å²) in [6.07, 6.45) is 1.67. The molecule has 4 nitrogen and oxygen atoms in total. The molecule has 2 N–H and O–H groups in total. The molecule has 0 saturated heterocycles. The van der Waals surface area contributed by atoms with Gasteiger partial charge in [0.2, 0.25) is 5.91 Å². The molecule has 0 aliphatic rings. The van der Waals surface area contributed by atoms with Crippen molar-refractivity contribution in [2.45, 2.75) is 13.8 Å². The highest BCUT2D eigenvalue weighted by Gasteiger charge is 2.13. The molecule has 0 aliphatic carbocycles. The lowest BCUT2D eigenvalue weighted by atomic mass is 10.1. The largest absolute Gasteiger partial charge is 0.323 e. The zero-order chi connectivity index (χ0) is 12.0. The second-order valence-electron chi connectivity index (χ2n) is 3.54. The Morgan fingerprint density at radius 1 is 1.62 bits per heavy atom. The Bertz CT molecular complexity index is 357. The van der Waals surface area contributed by atoms with Crippen molar-refractivity contribution >= 4 is 27.5 Å². The van der Waals surface area contributed by atoms with E-state index in [1.807, 2.05) is 19.9 Å². The molecule has 0 aromatic carbocycles. The van der Waals surface area contributed by atoms with Crippen LogP contribution in [-0.4, -0.2) is 24.0 Å². The summed E-state index contributed by atoms with van der Waals surface area (Å²) in [7, 11) is 0. The fraction of sp³-hybridized carbons (Fsp3) is 0.455. The third-order valence-electron chi connectivity index (χ3n) is 2.17. The van der Waals surface area contributed by atoms with Crippen molar-refractivity contribution in [3.05, 3.63) is 22.9 Å². The number of halogens is 1. The number of nitrogens with one attached hydrogen (secondary N) is 2. The SMILES string of the molecule is CCNCC(C)C(=O)Nc1cccnc1Br. The van der Waals surface area contributed by atoms with Crippen LogP contribution in [0.15, 0.2) is 22.9 Å². The minimum Gasteiger partial charge on any atom is -0.323 e. The molecule has 1 amide bonds. The van der Waals surface area contributed by atoms with E-state index in [-0.39, 0.29) is 11.8 Å². The van der Waals surface area contributed by atoms with Crippen LogP contribution >= 0.6 is 15.9 Å². The molecule has 1 rings (SSSR count). The molecule has 5 heteroatoms. The number of amides is 1. The van der Waals surface area contributed by atoms with Crippen molar-refractivity contribution in [3.8, 4) is 0 Å². The highest BCUT2D eigenvalue weighted by Crippen LogP contribution is 2.18. The van der Waals surface area contributed by atoms with Crippen molar-refractivity contribution in [1.29, 1.82) is 0 Å². The zero-order valence-electron chi connectivity index (χ0n) is 9.46. The summed E-state index contributed by atoms with van der Waals surface area (Å²) < 4.78 is 0.652. The van der Waals surface area contributed by atoms with Gasteiger partial charge < -0.3 is 10.6 Å². The number of carbonyl (C=O) groups excluding carboxylic acids is 1. The molecule has 1 heterocycles. The van der Waals surface area contributed by atoms with Crippen molar-refractivity contribution in [2.75, 3.05) is 18.4 Å². The summed E-state index contributed by atoms with van der Waals surface area (Å²) in [6.45, 7) is 5.46. The van der Waals surface area contributed by atoms with Crippen molar-refractivity contribution in [1.82, 2.24) is 10.3 Å². The topological polar surface area (TPSA) is 54.0 Å². The predicted octanol–water partition coefficient (Wildman–Crippen LogP) is 2.03. The lowest BCUT2D eigenvalue weighted by Crippen LogP contribution is -2.30. The summed E-state index contributed by atoms with van der Waals surface area (Å²) in [5, 5.41) is 5.97. The van der Waals surface area contributed by atoms with E-state index in [1.54, 1.807) is 12.3 Å². The van der Waals surface area contributed by atoms with Gasteiger partial charge in [0.1, 0.15) is 4.60 Å². The summed E-state index contributed by atoms with van der Waals surface area (Å²) in [6, 6.07) is 3.60. The van der Waals surface area contributed by atoms with Gasteiger partial charge in [0.05, 0.1) is 5.69 Å². The normalized spacial score (nSPS) is 12.2. The van der Waals surface area contributed by atoms with Crippen molar-refractivity contribution in [3.63, 3.8) is 0 Å². The molecular weight excluding hydrogens is 270 g/mol. The first-order chi connectivity index (χ1) is 7.65. The standard InChI is InChI=1S/C11H16BrN3O/c1-3-13-7-8(2)11(16)15-9-5-4-6-14-10(9)12/h4-6,8,13H,3,7H2,1-2H3,(H,15,16). The average molecular weight is 286 g/mol. The maximum atomic E-state index is 11.8. The fourth-order valence-corrected chi connectivity index (χ4v) is 1.54. The minimum atomic E-state index is -0.0629. The van der Waals surface area contributed by atoms with Gasteiger partial charge in [-0.25, -0.2) is 4.98 Å². The number of carbonyl (C=O) groups is 1. The molecular formula is C11H16BrN3O. The van der Waals surface area contributed by atoms with Gasteiger partial charge in [-0.1, -0.05) is 13.8 Å². The van der Waals surface area contributed by atoms with Crippen LogP contribution in [0.3, 0.4) is 0 Å². The van der Waals surface area contributed by atoms with E-state index in [0.717, 1.165) is 6.54 Å². The molecule has 0 aliphatic heterocycles. The van der Waals surface area contributed by atoms with Gasteiger partial charge in [0, 0.05) is 18.7 Å². The zero-order valence-corrected chi connectivity index (χ0v) is 11.0. The van der Waals surface area contributed by atoms with E-state index < -0.39 is 0 Å². The van der Waals surface area contributed by atoms with E-state index in [0.29, 0.717) is 16.8 Å². The molecule has 1 aromatic rings. The van der Waals surface area contributed by atoms with E-state index >= 15 is 0 Å². The summed E-state index contributed by atoms with van der Waals surface area (Å²) in [5.74, 6) is -0.0679. The highest BCUT2D eigenvalue weighted by atomic mass is 79.9. The number of nitrogens with zero attached hydrogens (tertiary/aromatic N) is 1. The monoisotopic (exact) mass is 285 g/mol. The second-order valence-corrected chi connectivity index (χ2v) is 4.29. The number of hydrogen-bond donors (Lipinski definition) is 2. The maximum Gasteiger partial charge on any atom is 0.228 e. The molecule has 0 radical (unpaired) electrons. The molecule has 1 atom stereocenters. The molecule has 0 spiro atoms. The maximum absolute atomic E-state index is 11.8. The van der Waals surface area contributed by atoms with Crippen LogP contribution in [0.1, 0.15) is 13.8 Å². The highest BCUT2D eigenvalue weighted by molar-refractivity contribution is 9.10. The van der Waals surface area contributed by atoms with E-state index in [2.05, 4.69) is 31.5 Å². The van der Waals surface area contributed by atoms with Gasteiger partial charge in [-0.15, -0.1) is 0 Å². The van der Waals surface area contributed by atoms with E-state index in [1.165, 1.54) is 0 Å². The Morgan fingerprint density at radius 3 is 3.00 bits per heavy atom. The smallest absolute Gasteiger partial charge is 0.228 e.